The first-order valence-corrected chi connectivity index (χ1v) is 5.30. The van der Waals surface area contributed by atoms with E-state index in [1.165, 1.54) is 0 Å². The van der Waals surface area contributed by atoms with Crippen LogP contribution in [0.4, 0.5) is 5.69 Å². The van der Waals surface area contributed by atoms with E-state index < -0.39 is 0 Å². The number of aliphatic hydroxyl groups is 1. The van der Waals surface area contributed by atoms with Crippen LogP contribution in [0.1, 0.15) is 11.3 Å². The number of para-hydroxylation sites is 1. The summed E-state index contributed by atoms with van der Waals surface area (Å²) in [6.45, 7) is 1.75. The van der Waals surface area contributed by atoms with E-state index in [0.29, 0.717) is 17.3 Å². The quantitative estimate of drug-likeness (QED) is 0.848. The van der Waals surface area contributed by atoms with Gasteiger partial charge in [0.2, 0.25) is 5.88 Å². The van der Waals surface area contributed by atoms with Crippen LogP contribution in [0.5, 0.6) is 11.6 Å². The van der Waals surface area contributed by atoms with Gasteiger partial charge in [0.05, 0.1) is 18.0 Å². The summed E-state index contributed by atoms with van der Waals surface area (Å²) in [4.78, 5) is 4.21. The van der Waals surface area contributed by atoms with Gasteiger partial charge in [-0.2, -0.15) is 0 Å². The van der Waals surface area contributed by atoms with Crippen molar-refractivity contribution in [3.63, 3.8) is 0 Å². The van der Waals surface area contributed by atoms with Crippen molar-refractivity contribution in [3.05, 3.63) is 47.7 Å². The lowest BCUT2D eigenvalue weighted by molar-refractivity contribution is 0.276. The van der Waals surface area contributed by atoms with Crippen molar-refractivity contribution in [3.8, 4) is 11.6 Å². The van der Waals surface area contributed by atoms with Gasteiger partial charge in [-0.05, 0) is 19.1 Å². The van der Waals surface area contributed by atoms with Crippen LogP contribution in [0.25, 0.3) is 0 Å². The Morgan fingerprint density at radius 2 is 2.00 bits per heavy atom. The molecule has 1 aromatic carbocycles. The maximum Gasteiger partial charge on any atom is 0.219 e. The van der Waals surface area contributed by atoms with Crippen molar-refractivity contribution in [2.45, 2.75) is 13.5 Å². The SMILES string of the molecule is Cc1nc(Oc2ccccc2CO)ccc1N. The van der Waals surface area contributed by atoms with Crippen molar-refractivity contribution in [1.82, 2.24) is 4.98 Å². The molecule has 1 aromatic heterocycles. The maximum absolute atomic E-state index is 9.17. The summed E-state index contributed by atoms with van der Waals surface area (Å²) in [6, 6.07) is 10.7. The van der Waals surface area contributed by atoms with Crippen molar-refractivity contribution in [1.29, 1.82) is 0 Å². The molecule has 88 valence electrons. The molecule has 0 atom stereocenters. The molecular formula is C13H14N2O2. The standard InChI is InChI=1S/C13H14N2O2/c1-9-11(14)6-7-13(15-9)17-12-5-3-2-4-10(12)8-16/h2-7,16H,8,14H2,1H3. The summed E-state index contributed by atoms with van der Waals surface area (Å²) in [7, 11) is 0. The Bertz CT molecular complexity index is 527. The molecule has 0 aliphatic rings. The van der Waals surface area contributed by atoms with Crippen molar-refractivity contribution in [2.24, 2.45) is 0 Å². The Morgan fingerprint density at radius 3 is 2.71 bits per heavy atom. The number of ether oxygens (including phenoxy) is 1. The molecule has 0 amide bonds. The molecular weight excluding hydrogens is 216 g/mol. The van der Waals surface area contributed by atoms with Crippen LogP contribution in [0.2, 0.25) is 0 Å². The first kappa shape index (κ1) is 11.4. The zero-order valence-electron chi connectivity index (χ0n) is 9.55. The molecule has 0 aliphatic carbocycles. The highest BCUT2D eigenvalue weighted by molar-refractivity contribution is 5.44. The van der Waals surface area contributed by atoms with Gasteiger partial charge in [0.25, 0.3) is 0 Å². The average Bonchev–Trinajstić information content (AvgIpc) is 2.34. The van der Waals surface area contributed by atoms with Crippen molar-refractivity contribution in [2.75, 3.05) is 5.73 Å². The summed E-state index contributed by atoms with van der Waals surface area (Å²) in [6.07, 6.45) is 0. The highest BCUT2D eigenvalue weighted by Gasteiger charge is 2.05. The molecule has 17 heavy (non-hydrogen) atoms. The fourth-order valence-electron chi connectivity index (χ4n) is 1.45. The van der Waals surface area contributed by atoms with Crippen LogP contribution >= 0.6 is 0 Å². The van der Waals surface area contributed by atoms with Gasteiger partial charge >= 0.3 is 0 Å². The van der Waals surface area contributed by atoms with Gasteiger partial charge in [-0.1, -0.05) is 18.2 Å². The minimum Gasteiger partial charge on any atom is -0.439 e. The van der Waals surface area contributed by atoms with Gasteiger partial charge in [0, 0.05) is 11.6 Å². The fraction of sp³-hybridized carbons (Fsp3) is 0.154. The molecule has 0 fully saturated rings. The third kappa shape index (κ3) is 2.54. The van der Waals surface area contributed by atoms with E-state index >= 15 is 0 Å². The number of aromatic nitrogens is 1. The van der Waals surface area contributed by atoms with Crippen molar-refractivity contribution < 1.29 is 9.84 Å². The van der Waals surface area contributed by atoms with Crippen molar-refractivity contribution >= 4 is 5.69 Å². The second-order valence-corrected chi connectivity index (χ2v) is 3.69. The third-order valence-electron chi connectivity index (χ3n) is 2.46. The van der Waals surface area contributed by atoms with Crippen LogP contribution in [-0.4, -0.2) is 10.1 Å². The lowest BCUT2D eigenvalue weighted by Crippen LogP contribution is -1.97. The highest BCUT2D eigenvalue weighted by Crippen LogP contribution is 2.25. The molecule has 2 aromatic rings. The Morgan fingerprint density at radius 1 is 1.24 bits per heavy atom. The van der Waals surface area contributed by atoms with Gasteiger partial charge in [-0.25, -0.2) is 4.98 Å². The smallest absolute Gasteiger partial charge is 0.219 e. The number of hydrogen-bond donors (Lipinski definition) is 2. The number of nitrogens with two attached hydrogens (primary N) is 1. The van der Waals surface area contributed by atoms with E-state index in [1.807, 2.05) is 19.1 Å². The molecule has 4 nitrogen and oxygen atoms in total. The van der Waals surface area contributed by atoms with Crippen LogP contribution in [-0.2, 0) is 6.61 Å². The molecule has 0 aliphatic heterocycles. The summed E-state index contributed by atoms with van der Waals surface area (Å²) >= 11 is 0. The predicted octanol–water partition coefficient (Wildman–Crippen LogP) is 2.26. The number of benzene rings is 1. The Balaban J connectivity index is 2.28. The number of aliphatic hydroxyl groups excluding tert-OH is 1. The van der Waals surface area contributed by atoms with Crippen LogP contribution < -0.4 is 10.5 Å². The molecule has 0 saturated carbocycles. The highest BCUT2D eigenvalue weighted by atomic mass is 16.5. The predicted molar refractivity (Wildman–Crippen MR) is 65.8 cm³/mol. The fourth-order valence-corrected chi connectivity index (χ4v) is 1.45. The number of nitrogens with zero attached hydrogens (tertiary/aromatic N) is 1. The van der Waals surface area contributed by atoms with Gasteiger partial charge in [-0.15, -0.1) is 0 Å². The van der Waals surface area contributed by atoms with Gasteiger partial charge < -0.3 is 15.6 Å². The number of rotatable bonds is 3. The number of aryl methyl sites for hydroxylation is 1. The summed E-state index contributed by atoms with van der Waals surface area (Å²) in [5, 5.41) is 9.17. The molecule has 1 heterocycles. The zero-order valence-corrected chi connectivity index (χ0v) is 9.55. The normalized spacial score (nSPS) is 10.2. The Labute approximate surface area is 99.7 Å². The van der Waals surface area contributed by atoms with E-state index in [-0.39, 0.29) is 6.61 Å². The van der Waals surface area contributed by atoms with E-state index in [9.17, 15) is 5.11 Å². The summed E-state index contributed by atoms with van der Waals surface area (Å²) < 4.78 is 5.61. The molecule has 0 bridgehead atoms. The Kier molecular flexibility index (Phi) is 3.25. The number of hydrogen-bond acceptors (Lipinski definition) is 4. The third-order valence-corrected chi connectivity index (χ3v) is 2.46. The molecule has 0 saturated heterocycles. The first-order chi connectivity index (χ1) is 8.20. The van der Waals surface area contributed by atoms with Crippen LogP contribution in [0.3, 0.4) is 0 Å². The molecule has 0 unspecified atom stereocenters. The number of pyridine rings is 1. The molecule has 4 heteroatoms. The largest absolute Gasteiger partial charge is 0.439 e. The number of anilines is 1. The van der Waals surface area contributed by atoms with E-state index in [1.54, 1.807) is 24.3 Å². The lowest BCUT2D eigenvalue weighted by Gasteiger charge is -2.09. The topological polar surface area (TPSA) is 68.4 Å². The molecule has 0 spiro atoms. The zero-order chi connectivity index (χ0) is 12.3. The maximum atomic E-state index is 9.17. The minimum atomic E-state index is -0.0653. The van der Waals surface area contributed by atoms with Gasteiger partial charge in [-0.3, -0.25) is 0 Å². The lowest BCUT2D eigenvalue weighted by atomic mass is 10.2. The number of nitrogen functional groups attached to an aromatic ring is 1. The van der Waals surface area contributed by atoms with Crippen LogP contribution in [0.15, 0.2) is 36.4 Å². The molecule has 3 N–H and O–H groups in total. The van der Waals surface area contributed by atoms with Gasteiger partial charge in [0.1, 0.15) is 5.75 Å². The molecule has 0 radical (unpaired) electrons. The second-order valence-electron chi connectivity index (χ2n) is 3.69. The monoisotopic (exact) mass is 230 g/mol. The van der Waals surface area contributed by atoms with E-state index in [0.717, 1.165) is 11.3 Å². The first-order valence-electron chi connectivity index (χ1n) is 5.30. The molecule has 2 rings (SSSR count). The van der Waals surface area contributed by atoms with E-state index in [2.05, 4.69) is 4.98 Å². The summed E-state index contributed by atoms with van der Waals surface area (Å²) in [5.41, 5.74) is 7.76. The Hall–Kier alpha value is -2.07. The minimum absolute atomic E-state index is 0.0653. The summed E-state index contributed by atoms with van der Waals surface area (Å²) in [5.74, 6) is 1.07. The van der Waals surface area contributed by atoms with Gasteiger partial charge in [0.15, 0.2) is 0 Å². The second kappa shape index (κ2) is 4.84. The van der Waals surface area contributed by atoms with Crippen LogP contribution in [0, 0.1) is 6.92 Å². The van der Waals surface area contributed by atoms with E-state index in [4.69, 9.17) is 10.5 Å². The average molecular weight is 230 g/mol.